The number of hydrogen-bond acceptors (Lipinski definition) is 7. The van der Waals surface area contributed by atoms with Gasteiger partial charge < -0.3 is 14.7 Å². The Morgan fingerprint density at radius 2 is 1.70 bits per heavy atom. The Labute approximate surface area is 172 Å². The van der Waals surface area contributed by atoms with Crippen LogP contribution in [0.1, 0.15) is 11.1 Å². The highest BCUT2D eigenvalue weighted by molar-refractivity contribution is 6.35. The molecule has 0 fully saturated rings. The Morgan fingerprint density at radius 3 is 2.23 bits per heavy atom. The van der Waals surface area contributed by atoms with Crippen molar-refractivity contribution in [2.24, 2.45) is 0 Å². The molecule has 2 aromatic rings. The molecule has 156 valence electrons. The van der Waals surface area contributed by atoms with Crippen LogP contribution in [-0.2, 0) is 16.1 Å². The summed E-state index contributed by atoms with van der Waals surface area (Å²) >= 11 is 0. The van der Waals surface area contributed by atoms with Crippen molar-refractivity contribution in [3.63, 3.8) is 0 Å². The summed E-state index contributed by atoms with van der Waals surface area (Å²) in [6, 6.07) is 12.5. The molecule has 0 bridgehead atoms. The Kier molecular flexibility index (Phi) is 6.12. The van der Waals surface area contributed by atoms with Crippen molar-refractivity contribution in [3.8, 4) is 5.75 Å². The molecule has 0 aliphatic carbocycles. The largest absolute Gasteiger partial charge is 0.497 e. The molecule has 0 atom stereocenters. The zero-order chi connectivity index (χ0) is 21.8. The molecule has 2 amide bonds. The van der Waals surface area contributed by atoms with Gasteiger partial charge in [-0.2, -0.15) is 0 Å². The molecular formula is C21H21N3O6. The third-order valence-corrected chi connectivity index (χ3v) is 4.83. The zero-order valence-corrected chi connectivity index (χ0v) is 16.6. The molecule has 9 nitrogen and oxygen atoms in total. The van der Waals surface area contributed by atoms with Crippen LogP contribution in [0.15, 0.2) is 54.2 Å². The minimum Gasteiger partial charge on any atom is -0.497 e. The number of non-ortho nitro benzene ring substituents is 1. The molecule has 30 heavy (non-hydrogen) atoms. The molecule has 1 aliphatic rings. The maximum absolute atomic E-state index is 13.2. The Hall–Kier alpha value is -3.72. The topological polar surface area (TPSA) is 113 Å². The number of nitro benzene ring substituents is 1. The van der Waals surface area contributed by atoms with Gasteiger partial charge in [-0.3, -0.25) is 24.6 Å². The summed E-state index contributed by atoms with van der Waals surface area (Å²) in [6.45, 7) is 0.0172. The molecule has 0 unspecified atom stereocenters. The number of nitro groups is 1. The van der Waals surface area contributed by atoms with Gasteiger partial charge in [0, 0.05) is 25.7 Å². The second kappa shape index (κ2) is 8.75. The average molecular weight is 411 g/mol. The van der Waals surface area contributed by atoms with E-state index in [2.05, 4.69) is 0 Å². The van der Waals surface area contributed by atoms with Crippen LogP contribution in [0.2, 0.25) is 0 Å². The first-order chi connectivity index (χ1) is 14.4. The van der Waals surface area contributed by atoms with Gasteiger partial charge >= 0.3 is 0 Å². The van der Waals surface area contributed by atoms with Crippen LogP contribution in [0, 0.1) is 10.1 Å². The number of methoxy groups -OCH3 is 1. The number of carbonyl (C=O) groups is 2. The number of carbonyl (C=O) groups excluding carboxylic acids is 2. The fourth-order valence-corrected chi connectivity index (χ4v) is 3.25. The lowest BCUT2D eigenvalue weighted by Gasteiger charge is -2.20. The molecule has 0 saturated carbocycles. The normalized spacial score (nSPS) is 13.8. The predicted octanol–water partition coefficient (Wildman–Crippen LogP) is 1.81. The average Bonchev–Trinajstić information content (AvgIpc) is 2.99. The van der Waals surface area contributed by atoms with Crippen molar-refractivity contribution < 1.29 is 24.4 Å². The first-order valence-electron chi connectivity index (χ1n) is 9.17. The van der Waals surface area contributed by atoms with E-state index >= 15 is 0 Å². The maximum atomic E-state index is 13.2. The maximum Gasteiger partial charge on any atom is 0.278 e. The molecule has 0 radical (unpaired) electrons. The van der Waals surface area contributed by atoms with Gasteiger partial charge in [0.1, 0.15) is 11.4 Å². The van der Waals surface area contributed by atoms with Crippen molar-refractivity contribution >= 4 is 23.1 Å². The van der Waals surface area contributed by atoms with Gasteiger partial charge in [0.25, 0.3) is 17.5 Å². The van der Waals surface area contributed by atoms with Gasteiger partial charge in [0.05, 0.1) is 30.8 Å². The Morgan fingerprint density at radius 1 is 1.07 bits per heavy atom. The third kappa shape index (κ3) is 4.01. The highest BCUT2D eigenvalue weighted by Gasteiger charge is 2.40. The Balaban J connectivity index is 1.98. The Bertz CT molecular complexity index is 998. The van der Waals surface area contributed by atoms with E-state index in [1.165, 1.54) is 29.2 Å². The second-order valence-electron chi connectivity index (χ2n) is 6.72. The van der Waals surface area contributed by atoms with E-state index in [0.717, 1.165) is 10.5 Å². The van der Waals surface area contributed by atoms with Crippen molar-refractivity contribution in [3.05, 3.63) is 75.5 Å². The molecule has 1 N–H and O–H groups in total. The predicted molar refractivity (Wildman–Crippen MR) is 108 cm³/mol. The van der Waals surface area contributed by atoms with Gasteiger partial charge in [0.15, 0.2) is 0 Å². The number of hydrogen-bond donors (Lipinski definition) is 1. The third-order valence-electron chi connectivity index (χ3n) is 4.83. The quantitative estimate of drug-likeness (QED) is 0.400. The van der Waals surface area contributed by atoms with Gasteiger partial charge in [-0.15, -0.1) is 0 Å². The summed E-state index contributed by atoms with van der Waals surface area (Å²) in [5, 5.41) is 20.2. The van der Waals surface area contributed by atoms with Crippen LogP contribution in [0.5, 0.6) is 5.75 Å². The molecule has 0 spiro atoms. The molecule has 0 aromatic heterocycles. The molecule has 9 heteroatoms. The molecule has 2 aromatic carbocycles. The number of rotatable bonds is 8. The standard InChI is InChI=1S/C21H21N3O6/c1-22(11-12-25)19-18(15-5-7-16(8-6-15)24(28)29)20(26)23(21(19)27)13-14-3-9-17(30-2)10-4-14/h3-10,25H,11-13H2,1-2H3. The van der Waals surface area contributed by atoms with Crippen molar-refractivity contribution in [2.75, 3.05) is 27.3 Å². The lowest BCUT2D eigenvalue weighted by atomic mass is 10.0. The number of nitrogens with zero attached hydrogens (tertiary/aromatic N) is 3. The zero-order valence-electron chi connectivity index (χ0n) is 16.6. The summed E-state index contributed by atoms with van der Waals surface area (Å²) in [7, 11) is 3.16. The minimum absolute atomic E-state index is 0.0641. The number of amides is 2. The number of ether oxygens (including phenoxy) is 1. The number of likely N-dealkylation sites (N-methyl/N-ethyl adjacent to an activating group) is 1. The van der Waals surface area contributed by atoms with Gasteiger partial charge in [-0.1, -0.05) is 12.1 Å². The molecule has 1 aliphatic heterocycles. The van der Waals surface area contributed by atoms with Crippen LogP contribution in [-0.4, -0.2) is 59.0 Å². The fourth-order valence-electron chi connectivity index (χ4n) is 3.25. The number of imide groups is 1. The lowest BCUT2D eigenvalue weighted by Crippen LogP contribution is -2.34. The SMILES string of the molecule is COc1ccc(CN2C(=O)C(c3ccc([N+](=O)[O-])cc3)=C(N(C)CCO)C2=O)cc1. The first-order valence-corrected chi connectivity index (χ1v) is 9.17. The summed E-state index contributed by atoms with van der Waals surface area (Å²) < 4.78 is 5.12. The molecule has 0 saturated heterocycles. The van der Waals surface area contributed by atoms with E-state index < -0.39 is 16.7 Å². The smallest absolute Gasteiger partial charge is 0.278 e. The number of aliphatic hydroxyl groups is 1. The van der Waals surface area contributed by atoms with E-state index in [1.54, 1.807) is 38.4 Å². The first kappa shape index (κ1) is 21.0. The fraction of sp³-hybridized carbons (Fsp3) is 0.238. The van der Waals surface area contributed by atoms with E-state index in [1.807, 2.05) is 0 Å². The molecule has 1 heterocycles. The number of aliphatic hydroxyl groups excluding tert-OH is 1. The van der Waals surface area contributed by atoms with Crippen LogP contribution in [0.4, 0.5) is 5.69 Å². The number of benzene rings is 2. The van der Waals surface area contributed by atoms with Gasteiger partial charge in [-0.25, -0.2) is 0 Å². The van der Waals surface area contributed by atoms with E-state index in [0.29, 0.717) is 11.3 Å². The van der Waals surface area contributed by atoms with E-state index in [-0.39, 0.29) is 36.7 Å². The van der Waals surface area contributed by atoms with E-state index in [9.17, 15) is 24.8 Å². The van der Waals surface area contributed by atoms with Crippen LogP contribution < -0.4 is 4.74 Å². The second-order valence-corrected chi connectivity index (χ2v) is 6.72. The highest BCUT2D eigenvalue weighted by atomic mass is 16.6. The lowest BCUT2D eigenvalue weighted by molar-refractivity contribution is -0.384. The van der Waals surface area contributed by atoms with Crippen LogP contribution >= 0.6 is 0 Å². The summed E-state index contributed by atoms with van der Waals surface area (Å²) in [5.74, 6) is -0.324. The van der Waals surface area contributed by atoms with Crippen molar-refractivity contribution in [1.29, 1.82) is 0 Å². The molecular weight excluding hydrogens is 390 g/mol. The summed E-state index contributed by atoms with van der Waals surface area (Å²) in [5.41, 5.74) is 1.33. The highest BCUT2D eigenvalue weighted by Crippen LogP contribution is 2.33. The van der Waals surface area contributed by atoms with Crippen LogP contribution in [0.3, 0.4) is 0 Å². The van der Waals surface area contributed by atoms with Crippen LogP contribution in [0.25, 0.3) is 5.57 Å². The van der Waals surface area contributed by atoms with Gasteiger partial charge in [0.2, 0.25) is 0 Å². The monoisotopic (exact) mass is 411 g/mol. The summed E-state index contributed by atoms with van der Waals surface area (Å²) in [4.78, 5) is 39.3. The summed E-state index contributed by atoms with van der Waals surface area (Å²) in [6.07, 6.45) is 0. The van der Waals surface area contributed by atoms with Gasteiger partial charge in [-0.05, 0) is 35.4 Å². The van der Waals surface area contributed by atoms with Crippen molar-refractivity contribution in [2.45, 2.75) is 6.54 Å². The van der Waals surface area contributed by atoms with Crippen molar-refractivity contribution in [1.82, 2.24) is 9.80 Å². The van der Waals surface area contributed by atoms with E-state index in [4.69, 9.17) is 4.74 Å². The molecule has 3 rings (SSSR count). The minimum atomic E-state index is -0.533.